The Balaban J connectivity index is 1.60. The number of hydrogen-bond acceptors (Lipinski definition) is 5. The van der Waals surface area contributed by atoms with E-state index >= 15 is 0 Å². The van der Waals surface area contributed by atoms with Crippen LogP contribution >= 0.6 is 15.9 Å². The number of amides is 2. The van der Waals surface area contributed by atoms with Crippen LogP contribution in [0.4, 0.5) is 0 Å². The van der Waals surface area contributed by atoms with Crippen LogP contribution in [0.15, 0.2) is 40.9 Å². The first-order valence-electron chi connectivity index (χ1n) is 7.82. The van der Waals surface area contributed by atoms with Gasteiger partial charge in [-0.25, -0.2) is 0 Å². The third-order valence-corrected chi connectivity index (χ3v) is 4.00. The summed E-state index contributed by atoms with van der Waals surface area (Å²) in [5.74, 6) is -1.21. The number of esters is 1. The molecule has 134 valence electrons. The molecule has 0 saturated heterocycles. The predicted molar refractivity (Wildman–Crippen MR) is 93.4 cm³/mol. The molecule has 0 heterocycles. The molecule has 0 bridgehead atoms. The van der Waals surface area contributed by atoms with Crippen LogP contribution in [0.25, 0.3) is 0 Å². The monoisotopic (exact) mass is 410 g/mol. The van der Waals surface area contributed by atoms with Crippen molar-refractivity contribution in [2.45, 2.75) is 19.3 Å². The molecule has 8 heteroatoms. The lowest BCUT2D eigenvalue weighted by Gasteiger charge is -2.16. The minimum absolute atomic E-state index is 0.202. The highest BCUT2D eigenvalue weighted by Gasteiger charge is 2.21. The molecular weight excluding hydrogens is 392 g/mol. The SMILES string of the molecule is O=C(COC(=O)[C@@H]1CC=CCC1)NNC(=O)COc1ccc(Br)cc1. The zero-order chi connectivity index (χ0) is 18.1. The van der Waals surface area contributed by atoms with Crippen LogP contribution in [0, 0.1) is 5.92 Å². The molecule has 1 aromatic carbocycles. The van der Waals surface area contributed by atoms with E-state index in [0.29, 0.717) is 12.2 Å². The number of carbonyl (C=O) groups is 3. The normalized spacial score (nSPS) is 16.0. The second kappa shape index (κ2) is 9.83. The van der Waals surface area contributed by atoms with E-state index in [2.05, 4.69) is 26.8 Å². The van der Waals surface area contributed by atoms with E-state index in [0.717, 1.165) is 17.3 Å². The summed E-state index contributed by atoms with van der Waals surface area (Å²) in [4.78, 5) is 35.0. The van der Waals surface area contributed by atoms with Gasteiger partial charge in [-0.15, -0.1) is 0 Å². The molecule has 0 saturated carbocycles. The maximum atomic E-state index is 11.8. The number of nitrogens with one attached hydrogen (secondary N) is 2. The second-order valence-corrected chi connectivity index (χ2v) is 6.34. The van der Waals surface area contributed by atoms with E-state index in [1.807, 2.05) is 12.2 Å². The van der Waals surface area contributed by atoms with Crippen molar-refractivity contribution in [2.24, 2.45) is 5.92 Å². The van der Waals surface area contributed by atoms with Crippen molar-refractivity contribution in [3.63, 3.8) is 0 Å². The minimum Gasteiger partial charge on any atom is -0.484 e. The fourth-order valence-corrected chi connectivity index (χ4v) is 2.42. The van der Waals surface area contributed by atoms with Gasteiger partial charge in [0.1, 0.15) is 5.75 Å². The molecule has 0 unspecified atom stereocenters. The van der Waals surface area contributed by atoms with Crippen LogP contribution in [0.2, 0.25) is 0 Å². The van der Waals surface area contributed by atoms with Gasteiger partial charge in [0.15, 0.2) is 13.2 Å². The summed E-state index contributed by atoms with van der Waals surface area (Å²) in [7, 11) is 0. The zero-order valence-corrected chi connectivity index (χ0v) is 15.1. The van der Waals surface area contributed by atoms with Gasteiger partial charge in [0, 0.05) is 4.47 Å². The number of ether oxygens (including phenoxy) is 2. The molecule has 0 fully saturated rings. The second-order valence-electron chi connectivity index (χ2n) is 5.43. The van der Waals surface area contributed by atoms with Gasteiger partial charge in [-0.1, -0.05) is 28.1 Å². The smallest absolute Gasteiger partial charge is 0.309 e. The van der Waals surface area contributed by atoms with Crippen LogP contribution < -0.4 is 15.6 Å². The Morgan fingerprint density at radius 3 is 2.36 bits per heavy atom. The van der Waals surface area contributed by atoms with Gasteiger partial charge in [-0.2, -0.15) is 0 Å². The van der Waals surface area contributed by atoms with Gasteiger partial charge >= 0.3 is 5.97 Å². The summed E-state index contributed by atoms with van der Waals surface area (Å²) < 4.78 is 11.1. The minimum atomic E-state index is -0.614. The van der Waals surface area contributed by atoms with Gasteiger partial charge in [0.2, 0.25) is 0 Å². The number of hydrogen-bond donors (Lipinski definition) is 2. The summed E-state index contributed by atoms with van der Waals surface area (Å²) in [6, 6.07) is 6.97. The van der Waals surface area contributed by atoms with E-state index in [9.17, 15) is 14.4 Å². The van der Waals surface area contributed by atoms with Crippen molar-refractivity contribution >= 4 is 33.7 Å². The molecule has 1 aromatic rings. The van der Waals surface area contributed by atoms with Gasteiger partial charge in [-0.3, -0.25) is 25.2 Å². The zero-order valence-electron chi connectivity index (χ0n) is 13.5. The van der Waals surface area contributed by atoms with Crippen molar-refractivity contribution in [3.05, 3.63) is 40.9 Å². The topological polar surface area (TPSA) is 93.7 Å². The molecule has 2 amide bonds. The Hall–Kier alpha value is -2.35. The van der Waals surface area contributed by atoms with Crippen LogP contribution in [0.5, 0.6) is 5.75 Å². The van der Waals surface area contributed by atoms with Gasteiger partial charge in [-0.05, 0) is 43.5 Å². The number of allylic oxidation sites excluding steroid dienone is 2. The highest BCUT2D eigenvalue weighted by molar-refractivity contribution is 9.10. The number of halogens is 1. The Bertz CT molecular complexity index is 645. The summed E-state index contributed by atoms with van der Waals surface area (Å²) in [5.41, 5.74) is 4.36. The molecular formula is C17H19BrN2O5. The van der Waals surface area contributed by atoms with Gasteiger partial charge in [0.05, 0.1) is 5.92 Å². The summed E-state index contributed by atoms with van der Waals surface area (Å²) >= 11 is 3.29. The molecule has 25 heavy (non-hydrogen) atoms. The maximum Gasteiger partial charge on any atom is 0.309 e. The van der Waals surface area contributed by atoms with E-state index < -0.39 is 24.4 Å². The summed E-state index contributed by atoms with van der Waals surface area (Å²) in [5, 5.41) is 0. The number of hydrazine groups is 1. The first-order valence-corrected chi connectivity index (χ1v) is 8.61. The fraction of sp³-hybridized carbons (Fsp3) is 0.353. The predicted octanol–water partition coefficient (Wildman–Crippen LogP) is 1.87. The Morgan fingerprint density at radius 2 is 1.72 bits per heavy atom. The highest BCUT2D eigenvalue weighted by atomic mass is 79.9. The Labute approximate surface area is 153 Å². The summed E-state index contributed by atoms with van der Waals surface area (Å²) in [6.07, 6.45) is 6.13. The number of benzene rings is 1. The van der Waals surface area contributed by atoms with Crippen molar-refractivity contribution in [2.75, 3.05) is 13.2 Å². The quantitative estimate of drug-likeness (QED) is 0.424. The largest absolute Gasteiger partial charge is 0.484 e. The lowest BCUT2D eigenvalue weighted by molar-refractivity contribution is -0.153. The third kappa shape index (κ3) is 6.96. The van der Waals surface area contributed by atoms with E-state index in [-0.39, 0.29) is 12.5 Å². The maximum absolute atomic E-state index is 11.8. The average molecular weight is 411 g/mol. The molecule has 0 aromatic heterocycles. The Morgan fingerprint density at radius 1 is 1.04 bits per heavy atom. The fourth-order valence-electron chi connectivity index (χ4n) is 2.15. The average Bonchev–Trinajstić information content (AvgIpc) is 2.64. The van der Waals surface area contributed by atoms with Crippen molar-refractivity contribution < 1.29 is 23.9 Å². The van der Waals surface area contributed by atoms with E-state index in [4.69, 9.17) is 9.47 Å². The lowest BCUT2D eigenvalue weighted by atomic mass is 9.95. The molecule has 1 aliphatic carbocycles. The number of carbonyl (C=O) groups excluding carboxylic acids is 3. The van der Waals surface area contributed by atoms with Gasteiger partial charge in [0.25, 0.3) is 11.8 Å². The molecule has 0 radical (unpaired) electrons. The van der Waals surface area contributed by atoms with Crippen LogP contribution in [-0.4, -0.2) is 31.0 Å². The summed E-state index contributed by atoms with van der Waals surface area (Å²) in [6.45, 7) is -0.691. The first-order chi connectivity index (χ1) is 12.0. The molecule has 2 N–H and O–H groups in total. The standard InChI is InChI=1S/C17H19BrN2O5/c18-13-6-8-14(9-7-13)24-10-15(21)19-20-16(22)11-25-17(23)12-4-2-1-3-5-12/h1-2,6-9,12H,3-5,10-11H2,(H,19,21)(H,20,22)/t12-/m1/s1. The molecule has 1 atom stereocenters. The van der Waals surface area contributed by atoms with E-state index in [1.165, 1.54) is 0 Å². The molecule has 0 aliphatic heterocycles. The van der Waals surface area contributed by atoms with Crippen LogP contribution in [0.3, 0.4) is 0 Å². The van der Waals surface area contributed by atoms with Crippen LogP contribution in [-0.2, 0) is 19.1 Å². The molecule has 1 aliphatic rings. The number of rotatable bonds is 6. The molecule has 2 rings (SSSR count). The molecule has 0 spiro atoms. The van der Waals surface area contributed by atoms with Gasteiger partial charge < -0.3 is 9.47 Å². The van der Waals surface area contributed by atoms with Crippen LogP contribution in [0.1, 0.15) is 19.3 Å². The van der Waals surface area contributed by atoms with Crippen molar-refractivity contribution in [1.29, 1.82) is 0 Å². The highest BCUT2D eigenvalue weighted by Crippen LogP contribution is 2.19. The Kier molecular flexibility index (Phi) is 7.46. The third-order valence-electron chi connectivity index (χ3n) is 3.47. The van der Waals surface area contributed by atoms with E-state index in [1.54, 1.807) is 24.3 Å². The molecule has 7 nitrogen and oxygen atoms in total. The first kappa shape index (κ1) is 19.0. The van der Waals surface area contributed by atoms with Crippen molar-refractivity contribution in [1.82, 2.24) is 10.9 Å². The lowest BCUT2D eigenvalue weighted by Crippen LogP contribution is -2.45. The van der Waals surface area contributed by atoms with Crippen molar-refractivity contribution in [3.8, 4) is 5.75 Å².